The van der Waals surface area contributed by atoms with Gasteiger partial charge in [0.05, 0.1) is 5.75 Å². The number of nitrogens with one attached hydrogen (secondary N) is 1. The molecule has 0 fully saturated rings. The van der Waals surface area contributed by atoms with Gasteiger partial charge in [0.1, 0.15) is 0 Å². The molecule has 1 N–H and O–H groups in total. The van der Waals surface area contributed by atoms with E-state index in [1.54, 1.807) is 0 Å². The van der Waals surface area contributed by atoms with Crippen LogP contribution in [-0.4, -0.2) is 26.6 Å². The van der Waals surface area contributed by atoms with E-state index in [1.807, 2.05) is 20.8 Å². The Kier molecular flexibility index (Phi) is 7.57. The van der Waals surface area contributed by atoms with Crippen LogP contribution in [0.5, 0.6) is 0 Å². The summed E-state index contributed by atoms with van der Waals surface area (Å²) in [5.41, 5.74) is 0. The maximum atomic E-state index is 11.5. The Morgan fingerprint density at radius 2 is 1.80 bits per heavy atom. The Balaban J connectivity index is 3.83. The SMILES string of the molecule is CC(C)CCS(=O)(=O)NCC(C)CCCl. The van der Waals surface area contributed by atoms with E-state index in [2.05, 4.69) is 4.72 Å². The average Bonchev–Trinajstić information content (AvgIpc) is 2.13. The van der Waals surface area contributed by atoms with Crippen molar-refractivity contribution < 1.29 is 8.42 Å². The van der Waals surface area contributed by atoms with Gasteiger partial charge in [0, 0.05) is 12.4 Å². The van der Waals surface area contributed by atoms with Crippen LogP contribution in [0.1, 0.15) is 33.6 Å². The Labute approximate surface area is 98.6 Å². The molecule has 0 aliphatic heterocycles. The monoisotopic (exact) mass is 255 g/mol. The highest BCUT2D eigenvalue weighted by molar-refractivity contribution is 7.89. The van der Waals surface area contributed by atoms with Crippen LogP contribution in [0.3, 0.4) is 0 Å². The molecule has 0 bridgehead atoms. The maximum Gasteiger partial charge on any atom is 0.211 e. The van der Waals surface area contributed by atoms with E-state index in [9.17, 15) is 8.42 Å². The number of rotatable bonds is 8. The van der Waals surface area contributed by atoms with Gasteiger partial charge in [0.2, 0.25) is 10.0 Å². The van der Waals surface area contributed by atoms with E-state index < -0.39 is 10.0 Å². The minimum absolute atomic E-state index is 0.220. The third-order valence-corrected chi connectivity index (χ3v) is 3.82. The van der Waals surface area contributed by atoms with Crippen molar-refractivity contribution in [1.29, 1.82) is 0 Å². The van der Waals surface area contributed by atoms with Crippen LogP contribution in [0, 0.1) is 11.8 Å². The molecule has 15 heavy (non-hydrogen) atoms. The summed E-state index contributed by atoms with van der Waals surface area (Å²) in [4.78, 5) is 0. The summed E-state index contributed by atoms with van der Waals surface area (Å²) in [6, 6.07) is 0. The van der Waals surface area contributed by atoms with Crippen LogP contribution in [0.2, 0.25) is 0 Å². The lowest BCUT2D eigenvalue weighted by Gasteiger charge is -2.12. The average molecular weight is 256 g/mol. The van der Waals surface area contributed by atoms with Gasteiger partial charge in [-0.15, -0.1) is 11.6 Å². The second-order valence-corrected chi connectivity index (χ2v) is 6.74. The minimum atomic E-state index is -3.08. The van der Waals surface area contributed by atoms with Gasteiger partial charge in [-0.3, -0.25) is 0 Å². The van der Waals surface area contributed by atoms with Crippen LogP contribution >= 0.6 is 11.6 Å². The number of halogens is 1. The van der Waals surface area contributed by atoms with Gasteiger partial charge in [-0.2, -0.15) is 0 Å². The van der Waals surface area contributed by atoms with Crippen molar-refractivity contribution in [2.45, 2.75) is 33.6 Å². The van der Waals surface area contributed by atoms with E-state index >= 15 is 0 Å². The maximum absolute atomic E-state index is 11.5. The van der Waals surface area contributed by atoms with E-state index in [0.29, 0.717) is 30.7 Å². The van der Waals surface area contributed by atoms with Crippen molar-refractivity contribution >= 4 is 21.6 Å². The normalized spacial score (nSPS) is 14.5. The highest BCUT2D eigenvalue weighted by atomic mass is 35.5. The van der Waals surface area contributed by atoms with Gasteiger partial charge in [-0.25, -0.2) is 13.1 Å². The lowest BCUT2D eigenvalue weighted by Crippen LogP contribution is -2.31. The predicted molar refractivity (Wildman–Crippen MR) is 65.7 cm³/mol. The zero-order valence-corrected chi connectivity index (χ0v) is 11.4. The largest absolute Gasteiger partial charge is 0.215 e. The Morgan fingerprint density at radius 1 is 1.20 bits per heavy atom. The smallest absolute Gasteiger partial charge is 0.211 e. The minimum Gasteiger partial charge on any atom is -0.215 e. The fraction of sp³-hybridized carbons (Fsp3) is 1.00. The molecule has 0 saturated heterocycles. The van der Waals surface area contributed by atoms with Crippen LogP contribution in [-0.2, 0) is 10.0 Å². The molecule has 0 rings (SSSR count). The van der Waals surface area contributed by atoms with Crippen LogP contribution in [0.15, 0.2) is 0 Å². The summed E-state index contributed by atoms with van der Waals surface area (Å²) in [6.07, 6.45) is 1.55. The molecular weight excluding hydrogens is 234 g/mol. The van der Waals surface area contributed by atoms with E-state index in [1.165, 1.54) is 0 Å². The molecule has 1 atom stereocenters. The van der Waals surface area contributed by atoms with Crippen LogP contribution < -0.4 is 4.72 Å². The van der Waals surface area contributed by atoms with Crippen molar-refractivity contribution in [1.82, 2.24) is 4.72 Å². The molecule has 5 heteroatoms. The van der Waals surface area contributed by atoms with Crippen LogP contribution in [0.4, 0.5) is 0 Å². The molecule has 0 aliphatic rings. The highest BCUT2D eigenvalue weighted by Gasteiger charge is 2.12. The second kappa shape index (κ2) is 7.47. The first-order chi connectivity index (χ1) is 6.87. The molecule has 0 aromatic carbocycles. The third-order valence-electron chi connectivity index (χ3n) is 2.22. The first kappa shape index (κ1) is 15.2. The summed E-state index contributed by atoms with van der Waals surface area (Å²) in [5, 5.41) is 0. The highest BCUT2D eigenvalue weighted by Crippen LogP contribution is 2.04. The zero-order valence-electron chi connectivity index (χ0n) is 9.79. The van der Waals surface area contributed by atoms with Crippen molar-refractivity contribution in [3.05, 3.63) is 0 Å². The van der Waals surface area contributed by atoms with Gasteiger partial charge in [-0.1, -0.05) is 20.8 Å². The molecule has 0 spiro atoms. The fourth-order valence-corrected chi connectivity index (χ4v) is 2.86. The van der Waals surface area contributed by atoms with Crippen molar-refractivity contribution in [3.63, 3.8) is 0 Å². The molecule has 1 unspecified atom stereocenters. The lowest BCUT2D eigenvalue weighted by atomic mass is 10.1. The summed E-state index contributed by atoms with van der Waals surface area (Å²) in [7, 11) is -3.08. The standard InChI is InChI=1S/C10H22ClNO2S/c1-9(2)5-7-15(13,14)12-8-10(3)4-6-11/h9-10,12H,4-8H2,1-3H3. The summed E-state index contributed by atoms with van der Waals surface area (Å²) < 4.78 is 25.6. The zero-order chi connectivity index (χ0) is 11.9. The number of hydrogen-bond donors (Lipinski definition) is 1. The molecular formula is C10H22ClNO2S. The molecule has 0 aromatic rings. The first-order valence-corrected chi connectivity index (χ1v) is 7.59. The topological polar surface area (TPSA) is 46.2 Å². The summed E-state index contributed by atoms with van der Waals surface area (Å²) >= 11 is 5.57. The van der Waals surface area contributed by atoms with E-state index in [0.717, 1.165) is 6.42 Å². The van der Waals surface area contributed by atoms with Gasteiger partial charge < -0.3 is 0 Å². The molecule has 0 heterocycles. The number of hydrogen-bond acceptors (Lipinski definition) is 2. The van der Waals surface area contributed by atoms with Gasteiger partial charge >= 0.3 is 0 Å². The molecule has 0 amide bonds. The first-order valence-electron chi connectivity index (χ1n) is 5.40. The Morgan fingerprint density at radius 3 is 2.27 bits per heavy atom. The summed E-state index contributed by atoms with van der Waals surface area (Å²) in [5.74, 6) is 1.52. The second-order valence-electron chi connectivity index (χ2n) is 4.43. The van der Waals surface area contributed by atoms with Crippen molar-refractivity contribution in [2.75, 3.05) is 18.2 Å². The summed E-state index contributed by atoms with van der Waals surface area (Å²) in [6.45, 7) is 6.53. The molecule has 92 valence electrons. The van der Waals surface area contributed by atoms with Crippen molar-refractivity contribution in [3.8, 4) is 0 Å². The Bertz CT molecular complexity index is 252. The fourth-order valence-electron chi connectivity index (χ4n) is 1.02. The third kappa shape index (κ3) is 9.15. The quantitative estimate of drug-likeness (QED) is 0.676. The van der Waals surface area contributed by atoms with Crippen LogP contribution in [0.25, 0.3) is 0 Å². The predicted octanol–water partition coefficient (Wildman–Crippen LogP) is 2.22. The molecule has 3 nitrogen and oxygen atoms in total. The molecule has 0 aliphatic carbocycles. The molecule has 0 saturated carbocycles. The van der Waals surface area contributed by atoms with E-state index in [-0.39, 0.29) is 5.75 Å². The van der Waals surface area contributed by atoms with Gasteiger partial charge in [0.25, 0.3) is 0 Å². The Hall–Kier alpha value is 0.200. The number of sulfonamides is 1. The van der Waals surface area contributed by atoms with Gasteiger partial charge in [0.15, 0.2) is 0 Å². The molecule has 0 radical (unpaired) electrons. The van der Waals surface area contributed by atoms with Crippen molar-refractivity contribution in [2.24, 2.45) is 11.8 Å². The number of alkyl halides is 1. The molecule has 0 aromatic heterocycles. The lowest BCUT2D eigenvalue weighted by molar-refractivity contribution is 0.523. The van der Waals surface area contributed by atoms with Gasteiger partial charge in [-0.05, 0) is 24.7 Å². The van der Waals surface area contributed by atoms with E-state index in [4.69, 9.17) is 11.6 Å².